The molecule has 0 unspecified atom stereocenters. The van der Waals surface area contributed by atoms with Crippen LogP contribution in [0.3, 0.4) is 0 Å². The molecular formula is C14H21FN4O. The number of carbonyl (C=O) groups is 1. The van der Waals surface area contributed by atoms with E-state index < -0.39 is 11.7 Å². The zero-order valence-corrected chi connectivity index (χ0v) is 11.9. The highest BCUT2D eigenvalue weighted by atomic mass is 19.1. The van der Waals surface area contributed by atoms with Gasteiger partial charge >= 0.3 is 0 Å². The Morgan fingerprint density at radius 3 is 2.95 bits per heavy atom. The van der Waals surface area contributed by atoms with E-state index in [0.29, 0.717) is 19.1 Å². The SMILES string of the molecule is CCNc1nccc(C(=O)NCCN(C)C2CC2)c1F. The van der Waals surface area contributed by atoms with Gasteiger partial charge in [-0.1, -0.05) is 0 Å². The normalized spacial score (nSPS) is 14.4. The van der Waals surface area contributed by atoms with Gasteiger partial charge in [0.05, 0.1) is 5.56 Å². The van der Waals surface area contributed by atoms with Gasteiger partial charge in [-0.3, -0.25) is 4.79 Å². The average Bonchev–Trinajstić information content (AvgIpc) is 3.25. The third kappa shape index (κ3) is 3.66. The maximum Gasteiger partial charge on any atom is 0.254 e. The van der Waals surface area contributed by atoms with Gasteiger partial charge in [-0.15, -0.1) is 0 Å². The molecule has 1 heterocycles. The minimum absolute atomic E-state index is 0.0324. The lowest BCUT2D eigenvalue weighted by molar-refractivity contribution is 0.0945. The molecule has 1 amide bonds. The number of rotatable bonds is 7. The number of aromatic nitrogens is 1. The molecule has 20 heavy (non-hydrogen) atoms. The summed E-state index contributed by atoms with van der Waals surface area (Å²) in [5, 5.41) is 5.54. The van der Waals surface area contributed by atoms with Gasteiger partial charge in [-0.2, -0.15) is 0 Å². The Kier molecular flexibility index (Phi) is 4.89. The van der Waals surface area contributed by atoms with Crippen molar-refractivity contribution in [3.8, 4) is 0 Å². The van der Waals surface area contributed by atoms with E-state index in [1.165, 1.54) is 25.1 Å². The van der Waals surface area contributed by atoms with Crippen molar-refractivity contribution in [2.75, 3.05) is 32.0 Å². The molecule has 1 saturated carbocycles. The molecule has 1 aliphatic carbocycles. The van der Waals surface area contributed by atoms with Gasteiger partial charge in [0.25, 0.3) is 5.91 Å². The molecule has 0 spiro atoms. The molecule has 1 aliphatic rings. The van der Waals surface area contributed by atoms with Crippen molar-refractivity contribution in [1.82, 2.24) is 15.2 Å². The van der Waals surface area contributed by atoms with Crippen molar-refractivity contribution in [3.63, 3.8) is 0 Å². The lowest BCUT2D eigenvalue weighted by Gasteiger charge is -2.16. The number of nitrogens with one attached hydrogen (secondary N) is 2. The highest BCUT2D eigenvalue weighted by molar-refractivity contribution is 5.95. The zero-order valence-electron chi connectivity index (χ0n) is 11.9. The van der Waals surface area contributed by atoms with E-state index in [2.05, 4.69) is 20.5 Å². The zero-order chi connectivity index (χ0) is 14.5. The van der Waals surface area contributed by atoms with Crippen LogP contribution in [-0.4, -0.2) is 48.5 Å². The van der Waals surface area contributed by atoms with Gasteiger partial charge in [0, 0.05) is 31.9 Å². The summed E-state index contributed by atoms with van der Waals surface area (Å²) in [5.74, 6) is -0.870. The number of anilines is 1. The van der Waals surface area contributed by atoms with E-state index in [-0.39, 0.29) is 11.4 Å². The summed E-state index contributed by atoms with van der Waals surface area (Å²) in [6, 6.07) is 2.06. The average molecular weight is 280 g/mol. The molecule has 6 heteroatoms. The number of nitrogens with zero attached hydrogens (tertiary/aromatic N) is 2. The molecule has 5 nitrogen and oxygen atoms in total. The van der Waals surface area contributed by atoms with Gasteiger partial charge in [-0.25, -0.2) is 9.37 Å². The monoisotopic (exact) mass is 280 g/mol. The molecule has 110 valence electrons. The molecule has 2 N–H and O–H groups in total. The van der Waals surface area contributed by atoms with E-state index >= 15 is 0 Å². The van der Waals surface area contributed by atoms with Gasteiger partial charge in [-0.05, 0) is 32.9 Å². The molecule has 0 aliphatic heterocycles. The second-order valence-electron chi connectivity index (χ2n) is 5.02. The molecule has 0 saturated heterocycles. The maximum atomic E-state index is 14.0. The van der Waals surface area contributed by atoms with Crippen LogP contribution in [0, 0.1) is 5.82 Å². The first-order chi connectivity index (χ1) is 9.63. The van der Waals surface area contributed by atoms with E-state index in [1.54, 1.807) is 0 Å². The van der Waals surface area contributed by atoms with E-state index in [9.17, 15) is 9.18 Å². The molecular weight excluding hydrogens is 259 g/mol. The number of likely N-dealkylation sites (N-methyl/N-ethyl adjacent to an activating group) is 1. The quantitative estimate of drug-likeness (QED) is 0.794. The van der Waals surface area contributed by atoms with Crippen molar-refractivity contribution in [2.45, 2.75) is 25.8 Å². The summed E-state index contributed by atoms with van der Waals surface area (Å²) in [7, 11) is 2.04. The molecule has 0 atom stereocenters. The second kappa shape index (κ2) is 6.65. The Morgan fingerprint density at radius 1 is 1.55 bits per heavy atom. The predicted octanol–water partition coefficient (Wildman–Crippen LogP) is 1.48. The summed E-state index contributed by atoms with van der Waals surface area (Å²) in [6.07, 6.45) is 3.90. The molecule has 1 fully saturated rings. The standard InChI is InChI=1S/C14H21FN4O/c1-3-16-13-12(15)11(6-7-17-13)14(20)18-8-9-19(2)10-4-5-10/h6-7,10H,3-5,8-9H2,1-2H3,(H,16,17)(H,18,20). The first-order valence-electron chi connectivity index (χ1n) is 7.00. The fraction of sp³-hybridized carbons (Fsp3) is 0.571. The summed E-state index contributed by atoms with van der Waals surface area (Å²) in [6.45, 7) is 3.70. The van der Waals surface area contributed by atoms with Crippen molar-refractivity contribution in [3.05, 3.63) is 23.6 Å². The lowest BCUT2D eigenvalue weighted by Crippen LogP contribution is -2.34. The Balaban J connectivity index is 1.89. The van der Waals surface area contributed by atoms with Crippen molar-refractivity contribution >= 4 is 11.7 Å². The second-order valence-corrected chi connectivity index (χ2v) is 5.02. The Morgan fingerprint density at radius 2 is 2.30 bits per heavy atom. The van der Waals surface area contributed by atoms with Gasteiger partial charge in [0.15, 0.2) is 11.6 Å². The largest absolute Gasteiger partial charge is 0.368 e. The molecule has 1 aromatic heterocycles. The maximum absolute atomic E-state index is 14.0. The van der Waals surface area contributed by atoms with Crippen molar-refractivity contribution < 1.29 is 9.18 Å². The minimum Gasteiger partial charge on any atom is -0.368 e. The first-order valence-corrected chi connectivity index (χ1v) is 7.00. The lowest BCUT2D eigenvalue weighted by atomic mass is 10.2. The van der Waals surface area contributed by atoms with Crippen LogP contribution >= 0.6 is 0 Å². The van der Waals surface area contributed by atoms with Crippen molar-refractivity contribution in [2.24, 2.45) is 0 Å². The Labute approximate surface area is 118 Å². The van der Waals surface area contributed by atoms with Crippen LogP contribution in [0.2, 0.25) is 0 Å². The van der Waals surface area contributed by atoms with Crippen molar-refractivity contribution in [1.29, 1.82) is 0 Å². The summed E-state index contributed by atoms with van der Waals surface area (Å²) in [5.41, 5.74) is 0.0324. The minimum atomic E-state index is -0.595. The van der Waals surface area contributed by atoms with Crippen LogP contribution in [0.25, 0.3) is 0 Å². The van der Waals surface area contributed by atoms with E-state index in [4.69, 9.17) is 0 Å². The number of hydrogen-bond donors (Lipinski definition) is 2. The predicted molar refractivity (Wildman–Crippen MR) is 76.3 cm³/mol. The van der Waals surface area contributed by atoms with Crippen LogP contribution in [0.15, 0.2) is 12.3 Å². The van der Waals surface area contributed by atoms with Gasteiger partial charge in [0.1, 0.15) is 0 Å². The topological polar surface area (TPSA) is 57.3 Å². The first kappa shape index (κ1) is 14.7. The van der Waals surface area contributed by atoms with E-state index in [0.717, 1.165) is 6.54 Å². The van der Waals surface area contributed by atoms with Crippen LogP contribution in [0.4, 0.5) is 10.2 Å². The van der Waals surface area contributed by atoms with Crippen LogP contribution < -0.4 is 10.6 Å². The number of carbonyl (C=O) groups excluding carboxylic acids is 1. The third-order valence-electron chi connectivity index (χ3n) is 3.40. The Bertz CT molecular complexity index is 476. The number of pyridine rings is 1. The molecule has 2 rings (SSSR count). The molecule has 1 aromatic rings. The number of amides is 1. The number of halogens is 1. The molecule has 0 aromatic carbocycles. The number of hydrogen-bond acceptors (Lipinski definition) is 4. The fourth-order valence-corrected chi connectivity index (χ4v) is 2.05. The smallest absolute Gasteiger partial charge is 0.254 e. The summed E-state index contributed by atoms with van der Waals surface area (Å²) < 4.78 is 14.0. The highest BCUT2D eigenvalue weighted by Crippen LogP contribution is 2.24. The van der Waals surface area contributed by atoms with Crippen LogP contribution in [-0.2, 0) is 0 Å². The molecule has 0 radical (unpaired) electrons. The third-order valence-corrected chi connectivity index (χ3v) is 3.40. The summed E-state index contributed by atoms with van der Waals surface area (Å²) >= 11 is 0. The van der Waals surface area contributed by atoms with Crippen LogP contribution in [0.5, 0.6) is 0 Å². The highest BCUT2D eigenvalue weighted by Gasteiger charge is 2.25. The molecule has 0 bridgehead atoms. The van der Waals surface area contributed by atoms with E-state index in [1.807, 2.05) is 14.0 Å². The van der Waals surface area contributed by atoms with Crippen LogP contribution in [0.1, 0.15) is 30.1 Å². The Hall–Kier alpha value is -1.69. The van der Waals surface area contributed by atoms with Gasteiger partial charge in [0.2, 0.25) is 0 Å². The fourth-order valence-electron chi connectivity index (χ4n) is 2.05. The van der Waals surface area contributed by atoms with Gasteiger partial charge < -0.3 is 15.5 Å². The summed E-state index contributed by atoms with van der Waals surface area (Å²) in [4.78, 5) is 18.1.